The fourth-order valence-corrected chi connectivity index (χ4v) is 4.09. The first-order valence-corrected chi connectivity index (χ1v) is 7.89. The molecule has 2 aliphatic heterocycles. The van der Waals surface area contributed by atoms with Crippen molar-refractivity contribution in [3.63, 3.8) is 0 Å². The number of carbonyl (C=O) groups excluding carboxylic acids is 1. The second-order valence-electron chi connectivity index (χ2n) is 6.46. The molecule has 0 saturated heterocycles. The van der Waals surface area contributed by atoms with E-state index in [2.05, 4.69) is 53.2 Å². The summed E-state index contributed by atoms with van der Waals surface area (Å²) in [6, 6.07) is 18.7. The summed E-state index contributed by atoms with van der Waals surface area (Å²) in [6.45, 7) is 2.07. The lowest BCUT2D eigenvalue weighted by molar-refractivity contribution is -0.121. The third kappa shape index (κ3) is 1.47. The topological polar surface area (TPSA) is 34.0 Å². The summed E-state index contributed by atoms with van der Waals surface area (Å²) < 4.78 is 2.15. The Morgan fingerprint density at radius 2 is 1.96 bits per heavy atom. The number of hydrogen-bond acceptors (Lipinski definition) is 1. The number of fused-ring (bicyclic) bond motifs is 6. The molecule has 0 bridgehead atoms. The second kappa shape index (κ2) is 4.13. The predicted molar refractivity (Wildman–Crippen MR) is 90.5 cm³/mol. The fraction of sp³-hybridized carbons (Fsp3) is 0.150. The molecule has 2 aliphatic rings. The molecule has 0 fully saturated rings. The Morgan fingerprint density at radius 1 is 1.09 bits per heavy atom. The minimum Gasteiger partial charge on any atom is -0.328 e. The Kier molecular flexibility index (Phi) is 2.28. The lowest BCUT2D eigenvalue weighted by atomic mass is 9.79. The van der Waals surface area contributed by atoms with Gasteiger partial charge in [0.2, 0.25) is 0 Å². The number of rotatable bonds is 0. The minimum atomic E-state index is -0.672. The molecule has 1 amide bonds. The molecule has 0 saturated carbocycles. The zero-order valence-corrected chi connectivity index (χ0v) is 12.8. The van der Waals surface area contributed by atoms with Crippen LogP contribution in [0, 0.1) is 6.92 Å². The van der Waals surface area contributed by atoms with Crippen LogP contribution in [0.2, 0.25) is 0 Å². The van der Waals surface area contributed by atoms with Crippen molar-refractivity contribution in [2.45, 2.75) is 18.9 Å². The largest absolute Gasteiger partial charge is 0.328 e. The van der Waals surface area contributed by atoms with Gasteiger partial charge < -0.3 is 9.88 Å². The SMILES string of the molecule is Cc1ccc2c(c1)C1(Cc3ccccc3-c3cccn31)C(=O)N2. The van der Waals surface area contributed by atoms with E-state index in [1.165, 1.54) is 16.7 Å². The summed E-state index contributed by atoms with van der Waals surface area (Å²) in [5.74, 6) is 0.0602. The average molecular weight is 300 g/mol. The van der Waals surface area contributed by atoms with Gasteiger partial charge in [-0.05, 0) is 30.7 Å². The Morgan fingerprint density at radius 3 is 2.87 bits per heavy atom. The molecule has 1 spiro atoms. The molecular weight excluding hydrogens is 284 g/mol. The van der Waals surface area contributed by atoms with Gasteiger partial charge in [0, 0.05) is 35.1 Å². The van der Waals surface area contributed by atoms with E-state index in [0.29, 0.717) is 6.42 Å². The van der Waals surface area contributed by atoms with Gasteiger partial charge in [0.25, 0.3) is 5.91 Å². The van der Waals surface area contributed by atoms with Crippen molar-refractivity contribution in [3.8, 4) is 11.3 Å². The first kappa shape index (κ1) is 12.7. The highest BCUT2D eigenvalue weighted by molar-refractivity contribution is 6.07. The van der Waals surface area contributed by atoms with Gasteiger partial charge in [0.15, 0.2) is 5.54 Å². The number of anilines is 1. The Balaban J connectivity index is 1.87. The van der Waals surface area contributed by atoms with Crippen LogP contribution < -0.4 is 5.32 Å². The van der Waals surface area contributed by atoms with E-state index < -0.39 is 5.54 Å². The maximum Gasteiger partial charge on any atom is 0.255 e. The molecule has 3 nitrogen and oxygen atoms in total. The van der Waals surface area contributed by atoms with E-state index in [9.17, 15) is 4.79 Å². The molecule has 0 aliphatic carbocycles. The van der Waals surface area contributed by atoms with Gasteiger partial charge >= 0.3 is 0 Å². The van der Waals surface area contributed by atoms with E-state index in [-0.39, 0.29) is 5.91 Å². The average Bonchev–Trinajstić information content (AvgIpc) is 3.14. The highest BCUT2D eigenvalue weighted by atomic mass is 16.2. The zero-order valence-electron chi connectivity index (χ0n) is 12.8. The van der Waals surface area contributed by atoms with Gasteiger partial charge in [0.1, 0.15) is 0 Å². The summed E-state index contributed by atoms with van der Waals surface area (Å²) in [6.07, 6.45) is 2.72. The third-order valence-corrected chi connectivity index (χ3v) is 5.14. The van der Waals surface area contributed by atoms with Crippen molar-refractivity contribution in [1.82, 2.24) is 4.57 Å². The van der Waals surface area contributed by atoms with Gasteiger partial charge in [-0.15, -0.1) is 0 Å². The van der Waals surface area contributed by atoms with Gasteiger partial charge in [-0.3, -0.25) is 4.79 Å². The maximum absolute atomic E-state index is 13.1. The zero-order chi connectivity index (χ0) is 15.6. The van der Waals surface area contributed by atoms with Crippen LogP contribution in [0.5, 0.6) is 0 Å². The minimum absolute atomic E-state index is 0.0602. The molecule has 1 N–H and O–H groups in total. The van der Waals surface area contributed by atoms with Crippen LogP contribution in [0.25, 0.3) is 11.3 Å². The molecule has 2 aromatic carbocycles. The second-order valence-corrected chi connectivity index (χ2v) is 6.46. The number of nitrogens with zero attached hydrogens (tertiary/aromatic N) is 1. The molecule has 3 aromatic rings. The van der Waals surface area contributed by atoms with E-state index >= 15 is 0 Å². The third-order valence-electron chi connectivity index (χ3n) is 5.14. The van der Waals surface area contributed by atoms with Crippen molar-refractivity contribution in [1.29, 1.82) is 0 Å². The number of amides is 1. The number of aryl methyl sites for hydroxylation is 1. The molecule has 1 aromatic heterocycles. The van der Waals surface area contributed by atoms with E-state index in [1.807, 2.05) is 24.4 Å². The summed E-state index contributed by atoms with van der Waals surface area (Å²) >= 11 is 0. The molecule has 112 valence electrons. The van der Waals surface area contributed by atoms with E-state index in [1.54, 1.807) is 0 Å². The quantitative estimate of drug-likeness (QED) is 0.674. The predicted octanol–water partition coefficient (Wildman–Crippen LogP) is 3.72. The van der Waals surface area contributed by atoms with Crippen LogP contribution in [0.1, 0.15) is 16.7 Å². The van der Waals surface area contributed by atoms with Gasteiger partial charge in [-0.25, -0.2) is 0 Å². The van der Waals surface area contributed by atoms with Crippen molar-refractivity contribution in [2.75, 3.05) is 5.32 Å². The molecule has 0 radical (unpaired) electrons. The number of aromatic nitrogens is 1. The molecule has 23 heavy (non-hydrogen) atoms. The Hall–Kier alpha value is -2.81. The molecule has 1 atom stereocenters. The highest BCUT2D eigenvalue weighted by Gasteiger charge is 2.51. The lowest BCUT2D eigenvalue weighted by Crippen LogP contribution is -2.45. The highest BCUT2D eigenvalue weighted by Crippen LogP contribution is 2.48. The van der Waals surface area contributed by atoms with Crippen molar-refractivity contribution in [2.24, 2.45) is 0 Å². The summed E-state index contributed by atoms with van der Waals surface area (Å²) in [4.78, 5) is 13.1. The maximum atomic E-state index is 13.1. The molecular formula is C20H16N2O. The normalized spacial score (nSPS) is 20.8. The van der Waals surface area contributed by atoms with E-state index in [4.69, 9.17) is 0 Å². The van der Waals surface area contributed by atoms with Crippen LogP contribution in [0.15, 0.2) is 60.8 Å². The summed E-state index contributed by atoms with van der Waals surface area (Å²) in [5, 5.41) is 3.09. The monoisotopic (exact) mass is 300 g/mol. The first-order chi connectivity index (χ1) is 11.2. The number of nitrogens with one attached hydrogen (secondary N) is 1. The molecule has 1 unspecified atom stereocenters. The molecule has 5 rings (SSSR count). The summed E-state index contributed by atoms with van der Waals surface area (Å²) in [7, 11) is 0. The van der Waals surface area contributed by atoms with Crippen LogP contribution in [-0.2, 0) is 16.8 Å². The van der Waals surface area contributed by atoms with Crippen LogP contribution in [0.4, 0.5) is 5.69 Å². The lowest BCUT2D eigenvalue weighted by Gasteiger charge is -2.36. The van der Waals surface area contributed by atoms with Crippen LogP contribution >= 0.6 is 0 Å². The standard InChI is InChI=1S/C20H16N2O/c1-13-8-9-17-16(11-13)20(19(23)21-17)12-14-5-2-3-6-15(14)18-7-4-10-22(18)20/h2-11H,12H2,1H3,(H,21,23). The van der Waals surface area contributed by atoms with E-state index in [0.717, 1.165) is 16.9 Å². The van der Waals surface area contributed by atoms with Crippen LogP contribution in [0.3, 0.4) is 0 Å². The Labute approximate surface area is 134 Å². The van der Waals surface area contributed by atoms with Gasteiger partial charge in [-0.2, -0.15) is 0 Å². The Bertz CT molecular complexity index is 969. The number of carbonyl (C=O) groups is 1. The van der Waals surface area contributed by atoms with Crippen molar-refractivity contribution >= 4 is 11.6 Å². The van der Waals surface area contributed by atoms with Crippen molar-refractivity contribution in [3.05, 3.63) is 77.5 Å². The van der Waals surface area contributed by atoms with Crippen molar-refractivity contribution < 1.29 is 4.79 Å². The van der Waals surface area contributed by atoms with Gasteiger partial charge in [0.05, 0.1) is 0 Å². The fourth-order valence-electron chi connectivity index (χ4n) is 4.09. The number of hydrogen-bond donors (Lipinski definition) is 1. The number of benzene rings is 2. The molecule has 3 heteroatoms. The smallest absolute Gasteiger partial charge is 0.255 e. The van der Waals surface area contributed by atoms with Crippen LogP contribution in [-0.4, -0.2) is 10.5 Å². The molecule has 3 heterocycles. The summed E-state index contributed by atoms with van der Waals surface area (Å²) in [5.41, 5.74) is 6.06. The van der Waals surface area contributed by atoms with Gasteiger partial charge in [-0.1, -0.05) is 42.0 Å². The first-order valence-electron chi connectivity index (χ1n) is 7.89.